The second kappa shape index (κ2) is 8.94. The van der Waals surface area contributed by atoms with Crippen molar-refractivity contribution in [2.45, 2.75) is 42.2 Å². The van der Waals surface area contributed by atoms with Gasteiger partial charge in [0.05, 0.1) is 6.61 Å². The fraction of sp³-hybridized carbons (Fsp3) is 0.400. The lowest BCUT2D eigenvalue weighted by Gasteiger charge is -2.36. The third-order valence-electron chi connectivity index (χ3n) is 4.93. The van der Waals surface area contributed by atoms with E-state index in [1.54, 1.807) is 60.7 Å². The van der Waals surface area contributed by atoms with E-state index in [1.807, 2.05) is 0 Å². The van der Waals surface area contributed by atoms with Crippen LogP contribution in [0, 0.1) is 0 Å². The van der Waals surface area contributed by atoms with Gasteiger partial charge in [-0.05, 0) is 11.1 Å². The number of aliphatic hydroxyl groups is 1. The molecule has 5 atom stereocenters. The molecule has 0 aromatic heterocycles. The van der Waals surface area contributed by atoms with Crippen LogP contribution in [0.25, 0.3) is 0 Å². The van der Waals surface area contributed by atoms with Gasteiger partial charge in [0.25, 0.3) is 20.2 Å². The number of ether oxygens (including phenoxy) is 2. The Labute approximate surface area is 180 Å². The smallest absolute Gasteiger partial charge is 0.272 e. The lowest BCUT2D eigenvalue weighted by atomic mass is 10.0. The lowest BCUT2D eigenvalue weighted by molar-refractivity contribution is -0.213. The van der Waals surface area contributed by atoms with Gasteiger partial charge in [0, 0.05) is 0 Å². The molecule has 0 radical (unpaired) electrons. The van der Waals surface area contributed by atoms with Gasteiger partial charge >= 0.3 is 0 Å². The predicted molar refractivity (Wildman–Crippen MR) is 108 cm³/mol. The normalized spacial score (nSPS) is 28.5. The highest BCUT2D eigenvalue weighted by atomic mass is 32.2. The molecule has 4 rings (SSSR count). The Bertz CT molecular complexity index is 1000. The Hall–Kier alpha value is -1.86. The monoisotopic (exact) mass is 470 g/mol. The Morgan fingerprint density at radius 2 is 1.29 bits per heavy atom. The molecule has 2 bridgehead atoms. The quantitative estimate of drug-likeness (QED) is 0.561. The molecule has 11 heteroatoms. The van der Waals surface area contributed by atoms with Crippen LogP contribution in [0.1, 0.15) is 11.1 Å². The molecule has 2 heterocycles. The summed E-state index contributed by atoms with van der Waals surface area (Å²) >= 11 is 0. The van der Waals surface area contributed by atoms with Gasteiger partial charge in [-0.25, -0.2) is 0 Å². The van der Waals surface area contributed by atoms with E-state index in [4.69, 9.17) is 17.8 Å². The maximum absolute atomic E-state index is 12.5. The Balaban J connectivity index is 1.48. The molecule has 0 saturated carbocycles. The predicted octanol–water partition coefficient (Wildman–Crippen LogP) is 0.933. The van der Waals surface area contributed by atoms with Gasteiger partial charge in [-0.2, -0.15) is 16.8 Å². The molecule has 2 aliphatic heterocycles. The molecule has 2 aromatic rings. The molecule has 2 aromatic carbocycles. The van der Waals surface area contributed by atoms with E-state index in [0.29, 0.717) is 11.1 Å². The average Bonchev–Trinajstić information content (AvgIpc) is 3.16. The Kier molecular flexibility index (Phi) is 6.44. The van der Waals surface area contributed by atoms with Crippen molar-refractivity contribution < 1.29 is 39.8 Å². The zero-order chi connectivity index (χ0) is 22.1. The summed E-state index contributed by atoms with van der Waals surface area (Å²) in [5.41, 5.74) is 1.00. The fourth-order valence-electron chi connectivity index (χ4n) is 3.54. The van der Waals surface area contributed by atoms with Crippen LogP contribution in [0.4, 0.5) is 0 Å². The number of aliphatic hydroxyl groups excluding tert-OH is 1. The van der Waals surface area contributed by atoms with E-state index in [1.165, 1.54) is 0 Å². The minimum Gasteiger partial charge on any atom is -0.387 e. The van der Waals surface area contributed by atoms with Crippen molar-refractivity contribution in [3.8, 4) is 0 Å². The van der Waals surface area contributed by atoms with Crippen molar-refractivity contribution in [3.63, 3.8) is 0 Å². The number of hydrogen-bond donors (Lipinski definition) is 1. The molecule has 1 N–H and O–H groups in total. The fourth-order valence-corrected chi connectivity index (χ4v) is 5.99. The van der Waals surface area contributed by atoms with Gasteiger partial charge in [-0.15, -0.1) is 0 Å². The standard InChI is InChI=1S/C20H22O9S2/c21-17-18(28-30(22,23)12-14-7-3-1-4-8-14)16-11-26-20(27-16)19(17)29-31(24,25)13-15-9-5-2-6-10-15/h1-10,16-21H,11-13H2/t16-,17+,18-,19-,20-/m1/s1. The topological polar surface area (TPSA) is 125 Å². The van der Waals surface area contributed by atoms with E-state index < -0.39 is 62.4 Å². The molecule has 0 spiro atoms. The first-order valence-electron chi connectivity index (χ1n) is 9.57. The Morgan fingerprint density at radius 1 is 0.806 bits per heavy atom. The second-order valence-corrected chi connectivity index (χ2v) is 10.6. The van der Waals surface area contributed by atoms with Crippen LogP contribution in [0.3, 0.4) is 0 Å². The molecule has 0 amide bonds. The Morgan fingerprint density at radius 3 is 1.81 bits per heavy atom. The van der Waals surface area contributed by atoms with Gasteiger partial charge in [-0.1, -0.05) is 60.7 Å². The van der Waals surface area contributed by atoms with Crippen molar-refractivity contribution in [1.82, 2.24) is 0 Å². The minimum atomic E-state index is -4.13. The molecular weight excluding hydrogens is 448 g/mol. The molecule has 31 heavy (non-hydrogen) atoms. The first-order valence-corrected chi connectivity index (χ1v) is 12.7. The van der Waals surface area contributed by atoms with Crippen LogP contribution in [0.15, 0.2) is 60.7 Å². The first-order chi connectivity index (χ1) is 14.7. The van der Waals surface area contributed by atoms with Crippen LogP contribution in [-0.4, -0.2) is 59.3 Å². The third-order valence-corrected chi connectivity index (χ3v) is 7.33. The number of hydrogen-bond acceptors (Lipinski definition) is 9. The summed E-state index contributed by atoms with van der Waals surface area (Å²) in [4.78, 5) is 0. The summed E-state index contributed by atoms with van der Waals surface area (Å²) < 4.78 is 71.4. The van der Waals surface area contributed by atoms with Gasteiger partial charge in [0.1, 0.15) is 29.8 Å². The van der Waals surface area contributed by atoms with Crippen LogP contribution >= 0.6 is 0 Å². The van der Waals surface area contributed by atoms with Crippen LogP contribution in [0.5, 0.6) is 0 Å². The van der Waals surface area contributed by atoms with Gasteiger partial charge in [0.2, 0.25) is 0 Å². The highest BCUT2D eigenvalue weighted by molar-refractivity contribution is 7.86. The van der Waals surface area contributed by atoms with Crippen LogP contribution in [-0.2, 0) is 49.6 Å². The first kappa shape index (κ1) is 22.3. The van der Waals surface area contributed by atoms with Crippen LogP contribution in [0.2, 0.25) is 0 Å². The lowest BCUT2D eigenvalue weighted by Crippen LogP contribution is -2.56. The van der Waals surface area contributed by atoms with E-state index in [2.05, 4.69) is 0 Å². The highest BCUT2D eigenvalue weighted by Crippen LogP contribution is 2.34. The molecule has 0 unspecified atom stereocenters. The molecule has 2 fully saturated rings. The van der Waals surface area contributed by atoms with Crippen molar-refractivity contribution in [1.29, 1.82) is 0 Å². The number of benzene rings is 2. The zero-order valence-electron chi connectivity index (χ0n) is 16.3. The molecule has 168 valence electrons. The molecule has 2 saturated heterocycles. The number of rotatable bonds is 8. The maximum atomic E-state index is 12.5. The maximum Gasteiger partial charge on any atom is 0.272 e. The van der Waals surface area contributed by atoms with Crippen molar-refractivity contribution in [3.05, 3.63) is 71.8 Å². The van der Waals surface area contributed by atoms with E-state index in [0.717, 1.165) is 0 Å². The van der Waals surface area contributed by atoms with E-state index in [9.17, 15) is 21.9 Å². The third kappa shape index (κ3) is 5.50. The average molecular weight is 471 g/mol. The molecule has 2 aliphatic rings. The summed E-state index contributed by atoms with van der Waals surface area (Å²) in [6.45, 7) is -0.0636. The van der Waals surface area contributed by atoms with Crippen LogP contribution < -0.4 is 0 Å². The SMILES string of the molecule is O=S(=O)(Cc1ccccc1)O[C@H]1[C@@H]2OC[C@@H](O2)[C@@H](OS(=O)(=O)Cc2ccccc2)[C@@H]1O. The zero-order valence-corrected chi connectivity index (χ0v) is 17.9. The summed E-state index contributed by atoms with van der Waals surface area (Å²) in [5.74, 6) is -0.836. The second-order valence-electron chi connectivity index (χ2n) is 7.36. The van der Waals surface area contributed by atoms with Gasteiger partial charge < -0.3 is 14.6 Å². The largest absolute Gasteiger partial charge is 0.387 e. The summed E-state index contributed by atoms with van der Waals surface area (Å²) in [6, 6.07) is 16.8. The minimum absolute atomic E-state index is 0.0636. The summed E-state index contributed by atoms with van der Waals surface area (Å²) in [7, 11) is -8.24. The van der Waals surface area contributed by atoms with Gasteiger partial charge in [0.15, 0.2) is 12.4 Å². The highest BCUT2D eigenvalue weighted by Gasteiger charge is 2.54. The molecule has 9 nitrogen and oxygen atoms in total. The summed E-state index contributed by atoms with van der Waals surface area (Å²) in [6.07, 6.45) is -6.46. The van der Waals surface area contributed by atoms with E-state index in [-0.39, 0.29) is 6.61 Å². The van der Waals surface area contributed by atoms with Crippen molar-refractivity contribution >= 4 is 20.2 Å². The van der Waals surface area contributed by atoms with Crippen molar-refractivity contribution in [2.24, 2.45) is 0 Å². The number of fused-ring (bicyclic) bond motifs is 2. The van der Waals surface area contributed by atoms with E-state index >= 15 is 0 Å². The van der Waals surface area contributed by atoms with Crippen molar-refractivity contribution in [2.75, 3.05) is 6.61 Å². The summed E-state index contributed by atoms with van der Waals surface area (Å²) in [5, 5.41) is 10.7. The molecule has 0 aliphatic carbocycles. The molecular formula is C20H22O9S2. The van der Waals surface area contributed by atoms with Gasteiger partial charge in [-0.3, -0.25) is 8.37 Å².